The van der Waals surface area contributed by atoms with Gasteiger partial charge in [0.15, 0.2) is 0 Å². The Morgan fingerprint density at radius 3 is 2.77 bits per heavy atom. The molecule has 0 aromatic heterocycles. The lowest BCUT2D eigenvalue weighted by atomic mass is 10.00. The third-order valence-corrected chi connectivity index (χ3v) is 5.55. The van der Waals surface area contributed by atoms with Gasteiger partial charge in [-0.3, -0.25) is 9.89 Å². The van der Waals surface area contributed by atoms with Gasteiger partial charge in [0.2, 0.25) is 0 Å². The molecule has 0 saturated heterocycles. The number of rotatable bonds is 11. The van der Waals surface area contributed by atoms with E-state index in [0.717, 1.165) is 36.5 Å². The van der Waals surface area contributed by atoms with E-state index in [0.29, 0.717) is 25.7 Å². The minimum absolute atomic E-state index is 0.322. The number of hydrogen-bond acceptors (Lipinski definition) is 5. The summed E-state index contributed by atoms with van der Waals surface area (Å²) in [5.74, 6) is 0. The Bertz CT molecular complexity index is 781. The molecule has 0 spiro atoms. The molecule has 5 nitrogen and oxygen atoms in total. The van der Waals surface area contributed by atoms with Crippen molar-refractivity contribution in [3.8, 4) is 0 Å². The first-order valence-electron chi connectivity index (χ1n) is 10.8. The van der Waals surface area contributed by atoms with Crippen LogP contribution in [0.15, 0.2) is 65.3 Å². The topological polar surface area (TPSA) is 59.9 Å². The van der Waals surface area contributed by atoms with Gasteiger partial charge in [-0.25, -0.2) is 0 Å². The van der Waals surface area contributed by atoms with E-state index in [4.69, 9.17) is 0 Å². The number of benzene rings is 1. The van der Waals surface area contributed by atoms with Crippen LogP contribution in [-0.2, 0) is 13.0 Å². The number of aliphatic hydroxyl groups is 1. The molecule has 1 heterocycles. The van der Waals surface area contributed by atoms with Crippen LogP contribution in [0.5, 0.6) is 0 Å². The van der Waals surface area contributed by atoms with Crippen molar-refractivity contribution in [3.63, 3.8) is 0 Å². The summed E-state index contributed by atoms with van der Waals surface area (Å²) in [5.41, 5.74) is 5.65. The summed E-state index contributed by atoms with van der Waals surface area (Å²) in [4.78, 5) is 6.95. The number of allylic oxidation sites excluding steroid dienone is 2. The zero-order valence-electron chi connectivity index (χ0n) is 19.0. The molecule has 2 unspecified atom stereocenters. The van der Waals surface area contributed by atoms with Crippen LogP contribution in [0, 0.1) is 0 Å². The second kappa shape index (κ2) is 12.5. The molecule has 5 heteroatoms. The number of aliphatic hydroxyl groups excluding tert-OH is 1. The summed E-state index contributed by atoms with van der Waals surface area (Å²) >= 11 is 0. The van der Waals surface area contributed by atoms with Crippen LogP contribution in [0.1, 0.15) is 31.9 Å². The zero-order chi connectivity index (χ0) is 21.9. The summed E-state index contributed by atoms with van der Waals surface area (Å²) in [7, 11) is 1.94. The summed E-state index contributed by atoms with van der Waals surface area (Å²) in [6.45, 7) is 13.8. The van der Waals surface area contributed by atoms with Gasteiger partial charge in [-0.15, -0.1) is 0 Å². The molecule has 2 rings (SSSR count). The van der Waals surface area contributed by atoms with Gasteiger partial charge in [0.1, 0.15) is 0 Å². The van der Waals surface area contributed by atoms with Crippen LogP contribution >= 0.6 is 0 Å². The second-order valence-corrected chi connectivity index (χ2v) is 7.98. The fourth-order valence-corrected chi connectivity index (χ4v) is 3.43. The van der Waals surface area contributed by atoms with Gasteiger partial charge < -0.3 is 15.7 Å². The predicted molar refractivity (Wildman–Crippen MR) is 128 cm³/mol. The van der Waals surface area contributed by atoms with E-state index in [9.17, 15) is 5.11 Å². The number of fused-ring (bicyclic) bond motifs is 1. The van der Waals surface area contributed by atoms with Crippen LogP contribution in [0.3, 0.4) is 0 Å². The van der Waals surface area contributed by atoms with Gasteiger partial charge in [-0.1, -0.05) is 43.0 Å². The van der Waals surface area contributed by atoms with E-state index < -0.39 is 6.10 Å². The van der Waals surface area contributed by atoms with E-state index in [1.165, 1.54) is 11.1 Å². The Balaban J connectivity index is 1.77. The molecule has 2 atom stereocenters. The molecule has 1 aromatic carbocycles. The molecule has 30 heavy (non-hydrogen) atoms. The lowest BCUT2D eigenvalue weighted by Gasteiger charge is -2.30. The van der Waals surface area contributed by atoms with Gasteiger partial charge in [0.05, 0.1) is 12.6 Å². The van der Waals surface area contributed by atoms with Crippen molar-refractivity contribution < 1.29 is 5.11 Å². The summed E-state index contributed by atoms with van der Waals surface area (Å²) in [5, 5.41) is 17.0. The number of likely N-dealkylation sites (N-methyl/N-ethyl adjacent to an activating group) is 1. The highest BCUT2D eigenvalue weighted by Gasteiger charge is 2.18. The first-order valence-corrected chi connectivity index (χ1v) is 10.8. The lowest BCUT2D eigenvalue weighted by molar-refractivity contribution is 0.106. The average Bonchev–Trinajstić information content (AvgIpc) is 2.76. The van der Waals surface area contributed by atoms with Crippen LogP contribution in [0.25, 0.3) is 0 Å². The van der Waals surface area contributed by atoms with Crippen LogP contribution in [-0.4, -0.2) is 61.1 Å². The molecule has 0 aliphatic carbocycles. The SMILES string of the molecule is C=C(NCC(O)CN1CCc2ccccc2C1)/C(=C/C)CN=C(C)/C=C\C(C)NC. The smallest absolute Gasteiger partial charge is 0.0839 e. The van der Waals surface area contributed by atoms with E-state index in [1.54, 1.807) is 0 Å². The van der Waals surface area contributed by atoms with Crippen LogP contribution < -0.4 is 10.6 Å². The highest BCUT2D eigenvalue weighted by Crippen LogP contribution is 2.18. The second-order valence-electron chi connectivity index (χ2n) is 7.98. The monoisotopic (exact) mass is 410 g/mol. The van der Waals surface area contributed by atoms with Crippen molar-refractivity contribution in [1.29, 1.82) is 0 Å². The Morgan fingerprint density at radius 1 is 1.33 bits per heavy atom. The average molecular weight is 411 g/mol. The van der Waals surface area contributed by atoms with E-state index in [-0.39, 0.29) is 0 Å². The van der Waals surface area contributed by atoms with Crippen molar-refractivity contribution in [2.75, 3.05) is 33.2 Å². The highest BCUT2D eigenvalue weighted by molar-refractivity contribution is 5.92. The molecule has 164 valence electrons. The van der Waals surface area contributed by atoms with Gasteiger partial charge in [-0.2, -0.15) is 0 Å². The molecule has 1 aliphatic rings. The van der Waals surface area contributed by atoms with Gasteiger partial charge >= 0.3 is 0 Å². The molecule has 3 N–H and O–H groups in total. The summed E-state index contributed by atoms with van der Waals surface area (Å²) < 4.78 is 0. The number of nitrogens with zero attached hydrogens (tertiary/aromatic N) is 2. The minimum Gasteiger partial charge on any atom is -0.390 e. The van der Waals surface area contributed by atoms with Crippen LogP contribution in [0.2, 0.25) is 0 Å². The molecule has 0 radical (unpaired) electrons. The number of aliphatic imine (C=N–C) groups is 1. The standard InChI is InChI=1S/C25H38N4O/c1-6-22(15-27-20(3)12-11-19(2)26-5)21(4)28-16-25(30)18-29-14-13-23-9-7-8-10-24(23)17-29/h6-12,19,25-26,28,30H,4,13-18H2,1-3,5H3/b12-11-,22-6+,27-20?. The Labute approximate surface area is 182 Å². The Morgan fingerprint density at radius 2 is 2.07 bits per heavy atom. The molecule has 0 saturated carbocycles. The summed E-state index contributed by atoms with van der Waals surface area (Å²) in [6, 6.07) is 8.90. The number of hydrogen-bond donors (Lipinski definition) is 3. The Kier molecular flexibility index (Phi) is 10.0. The Hall–Kier alpha value is -2.21. The van der Waals surface area contributed by atoms with Crippen molar-refractivity contribution in [1.82, 2.24) is 15.5 Å². The maximum Gasteiger partial charge on any atom is 0.0839 e. The summed E-state index contributed by atoms with van der Waals surface area (Å²) in [6.07, 6.45) is 6.76. The molecule has 1 aromatic rings. The third kappa shape index (κ3) is 7.90. The van der Waals surface area contributed by atoms with E-state index in [1.807, 2.05) is 33.0 Å². The molecule has 0 bridgehead atoms. The molecule has 0 fully saturated rings. The normalized spacial score (nSPS) is 17.6. The van der Waals surface area contributed by atoms with E-state index >= 15 is 0 Å². The number of nitrogens with one attached hydrogen (secondary N) is 2. The van der Waals surface area contributed by atoms with Crippen LogP contribution in [0.4, 0.5) is 0 Å². The maximum atomic E-state index is 10.5. The molecular weight excluding hydrogens is 372 g/mol. The fourth-order valence-electron chi connectivity index (χ4n) is 3.43. The van der Waals surface area contributed by atoms with E-state index in [2.05, 4.69) is 64.4 Å². The van der Waals surface area contributed by atoms with Gasteiger partial charge in [0.25, 0.3) is 0 Å². The van der Waals surface area contributed by atoms with Gasteiger partial charge in [-0.05, 0) is 57.0 Å². The third-order valence-electron chi connectivity index (χ3n) is 5.55. The zero-order valence-corrected chi connectivity index (χ0v) is 19.0. The van der Waals surface area contributed by atoms with Crippen molar-refractivity contribution in [2.45, 2.75) is 45.9 Å². The molecule has 0 amide bonds. The van der Waals surface area contributed by atoms with Crippen molar-refractivity contribution >= 4 is 5.71 Å². The lowest BCUT2D eigenvalue weighted by Crippen LogP contribution is -2.40. The highest BCUT2D eigenvalue weighted by atomic mass is 16.3. The first kappa shape index (κ1) is 24.1. The largest absolute Gasteiger partial charge is 0.390 e. The quantitative estimate of drug-likeness (QED) is 0.388. The van der Waals surface area contributed by atoms with Gasteiger partial charge in [0, 0.05) is 43.6 Å². The van der Waals surface area contributed by atoms with Crippen molar-refractivity contribution in [3.05, 3.63) is 71.5 Å². The minimum atomic E-state index is -0.443. The maximum absolute atomic E-state index is 10.5. The number of β-amino-alcohol motifs (C(OH)–C–C–N with tert-alkyl or cyclic N) is 1. The fraction of sp³-hybridized carbons (Fsp3) is 0.480. The predicted octanol–water partition coefficient (Wildman–Crippen LogP) is 3.08. The van der Waals surface area contributed by atoms with Crippen molar-refractivity contribution in [2.24, 2.45) is 4.99 Å². The molecular formula is C25H38N4O. The molecule has 1 aliphatic heterocycles. The first-order chi connectivity index (χ1) is 14.4.